The minimum Gasteiger partial charge on any atom is -0.302 e. The van der Waals surface area contributed by atoms with Crippen LogP contribution in [0.5, 0.6) is 0 Å². The summed E-state index contributed by atoms with van der Waals surface area (Å²) in [6.07, 6.45) is 3.05. The Hall–Kier alpha value is -0.260. The molecule has 0 radical (unpaired) electrons. The fraction of sp³-hybridized carbons (Fsp3) is 0.889. The minimum absolute atomic E-state index is 0.660. The molecule has 0 aromatic rings. The molecule has 12 heavy (non-hydrogen) atoms. The van der Waals surface area contributed by atoms with E-state index in [4.69, 9.17) is 16.9 Å². The van der Waals surface area contributed by atoms with E-state index in [1.54, 1.807) is 0 Å². The van der Waals surface area contributed by atoms with Crippen LogP contribution in [-0.2, 0) is 0 Å². The quantitative estimate of drug-likeness (QED) is 0.627. The standard InChI is InChI=1S/C9H15ClN2/c10-4-2-9-3-7-12(8-9)6-1-5-11/h9H,1-4,6-8H2. The molecule has 0 amide bonds. The van der Waals surface area contributed by atoms with Gasteiger partial charge in [-0.2, -0.15) is 5.26 Å². The second-order valence-corrected chi connectivity index (χ2v) is 3.72. The lowest BCUT2D eigenvalue weighted by Crippen LogP contribution is -2.21. The predicted octanol–water partition coefficient (Wildman–Crippen LogP) is 1.85. The number of alkyl halides is 1. The van der Waals surface area contributed by atoms with Crippen LogP contribution in [0, 0.1) is 17.2 Å². The normalized spacial score (nSPS) is 24.2. The van der Waals surface area contributed by atoms with Crippen molar-refractivity contribution in [1.29, 1.82) is 5.26 Å². The van der Waals surface area contributed by atoms with Gasteiger partial charge in [-0.05, 0) is 25.3 Å². The molecule has 0 bridgehead atoms. The molecule has 0 aromatic carbocycles. The Bertz CT molecular complexity index is 164. The van der Waals surface area contributed by atoms with Crippen molar-refractivity contribution in [3.8, 4) is 6.07 Å². The van der Waals surface area contributed by atoms with Gasteiger partial charge in [-0.1, -0.05) is 0 Å². The van der Waals surface area contributed by atoms with E-state index in [0.29, 0.717) is 6.42 Å². The van der Waals surface area contributed by atoms with Gasteiger partial charge in [0.25, 0.3) is 0 Å². The zero-order valence-corrected chi connectivity index (χ0v) is 8.06. The fourth-order valence-electron chi connectivity index (χ4n) is 1.71. The number of hydrogen-bond acceptors (Lipinski definition) is 2. The Labute approximate surface area is 79.1 Å². The number of nitriles is 1. The summed E-state index contributed by atoms with van der Waals surface area (Å²) in [6, 6.07) is 2.17. The van der Waals surface area contributed by atoms with Crippen molar-refractivity contribution in [2.45, 2.75) is 19.3 Å². The average molecular weight is 187 g/mol. The molecule has 3 heteroatoms. The first-order valence-corrected chi connectivity index (χ1v) is 5.05. The molecule has 68 valence electrons. The molecule has 1 unspecified atom stereocenters. The molecule has 1 heterocycles. The topological polar surface area (TPSA) is 27.0 Å². The van der Waals surface area contributed by atoms with E-state index in [-0.39, 0.29) is 0 Å². The third-order valence-corrected chi connectivity index (χ3v) is 2.65. The lowest BCUT2D eigenvalue weighted by atomic mass is 10.1. The van der Waals surface area contributed by atoms with E-state index in [9.17, 15) is 0 Å². The Balaban J connectivity index is 2.13. The molecule has 1 aliphatic rings. The predicted molar refractivity (Wildman–Crippen MR) is 50.1 cm³/mol. The lowest BCUT2D eigenvalue weighted by molar-refractivity contribution is 0.330. The van der Waals surface area contributed by atoms with E-state index < -0.39 is 0 Å². The first-order valence-electron chi connectivity index (χ1n) is 4.52. The Morgan fingerprint density at radius 3 is 3.08 bits per heavy atom. The van der Waals surface area contributed by atoms with Crippen molar-refractivity contribution < 1.29 is 0 Å². The third-order valence-electron chi connectivity index (χ3n) is 2.43. The minimum atomic E-state index is 0.660. The van der Waals surface area contributed by atoms with Crippen LogP contribution in [-0.4, -0.2) is 30.4 Å². The zero-order chi connectivity index (χ0) is 8.81. The summed E-state index contributed by atoms with van der Waals surface area (Å²) in [5.41, 5.74) is 0. The van der Waals surface area contributed by atoms with Crippen molar-refractivity contribution in [3.63, 3.8) is 0 Å². The third kappa shape index (κ3) is 3.00. The zero-order valence-electron chi connectivity index (χ0n) is 7.30. The first kappa shape index (κ1) is 9.83. The Kier molecular flexibility index (Phi) is 4.42. The van der Waals surface area contributed by atoms with Gasteiger partial charge in [-0.3, -0.25) is 0 Å². The van der Waals surface area contributed by atoms with Crippen LogP contribution in [0.25, 0.3) is 0 Å². The lowest BCUT2D eigenvalue weighted by Gasteiger charge is -2.12. The summed E-state index contributed by atoms with van der Waals surface area (Å²) in [5, 5.41) is 8.40. The van der Waals surface area contributed by atoms with Gasteiger partial charge in [0.1, 0.15) is 0 Å². The molecule has 1 aliphatic heterocycles. The van der Waals surface area contributed by atoms with Crippen LogP contribution < -0.4 is 0 Å². The van der Waals surface area contributed by atoms with Gasteiger partial charge < -0.3 is 4.90 Å². The van der Waals surface area contributed by atoms with Gasteiger partial charge in [0, 0.05) is 25.4 Å². The highest BCUT2D eigenvalue weighted by atomic mass is 35.5. The molecule has 0 N–H and O–H groups in total. The molecule has 0 saturated carbocycles. The highest BCUT2D eigenvalue weighted by Gasteiger charge is 2.20. The van der Waals surface area contributed by atoms with E-state index in [2.05, 4.69) is 11.0 Å². The Morgan fingerprint density at radius 1 is 1.58 bits per heavy atom. The van der Waals surface area contributed by atoms with Gasteiger partial charge in [0.2, 0.25) is 0 Å². The first-order chi connectivity index (χ1) is 5.86. The van der Waals surface area contributed by atoms with Crippen LogP contribution >= 0.6 is 11.6 Å². The molecule has 0 aliphatic carbocycles. The maximum absolute atomic E-state index is 8.40. The van der Waals surface area contributed by atoms with E-state index in [1.165, 1.54) is 6.42 Å². The highest BCUT2D eigenvalue weighted by molar-refractivity contribution is 6.17. The van der Waals surface area contributed by atoms with Gasteiger partial charge >= 0.3 is 0 Å². The van der Waals surface area contributed by atoms with Gasteiger partial charge in [-0.25, -0.2) is 0 Å². The molecule has 1 atom stereocenters. The molecular weight excluding hydrogens is 172 g/mol. The SMILES string of the molecule is N#CCCN1CCC(CCCl)C1. The van der Waals surface area contributed by atoms with Crippen molar-refractivity contribution in [3.05, 3.63) is 0 Å². The Morgan fingerprint density at radius 2 is 2.42 bits per heavy atom. The van der Waals surface area contributed by atoms with Crippen molar-refractivity contribution >= 4 is 11.6 Å². The van der Waals surface area contributed by atoms with Gasteiger partial charge in [0.05, 0.1) is 6.07 Å². The fourth-order valence-corrected chi connectivity index (χ4v) is 2.02. The smallest absolute Gasteiger partial charge is 0.0635 e. The molecule has 1 rings (SSSR count). The highest BCUT2D eigenvalue weighted by Crippen LogP contribution is 2.19. The molecule has 1 saturated heterocycles. The molecule has 0 aromatic heterocycles. The number of nitrogens with zero attached hydrogens (tertiary/aromatic N) is 2. The largest absolute Gasteiger partial charge is 0.302 e. The number of rotatable bonds is 4. The van der Waals surface area contributed by atoms with Crippen LogP contribution in [0.15, 0.2) is 0 Å². The molecule has 0 spiro atoms. The average Bonchev–Trinajstić information content (AvgIpc) is 2.50. The van der Waals surface area contributed by atoms with E-state index in [1.807, 2.05) is 0 Å². The van der Waals surface area contributed by atoms with Crippen molar-refractivity contribution in [2.24, 2.45) is 5.92 Å². The maximum Gasteiger partial charge on any atom is 0.0635 e. The van der Waals surface area contributed by atoms with Crippen LogP contribution in [0.4, 0.5) is 0 Å². The van der Waals surface area contributed by atoms with Crippen LogP contribution in [0.1, 0.15) is 19.3 Å². The van der Waals surface area contributed by atoms with Gasteiger partial charge in [0.15, 0.2) is 0 Å². The summed E-state index contributed by atoms with van der Waals surface area (Å²) in [7, 11) is 0. The summed E-state index contributed by atoms with van der Waals surface area (Å²) in [5.74, 6) is 1.55. The molecule has 2 nitrogen and oxygen atoms in total. The van der Waals surface area contributed by atoms with Gasteiger partial charge in [-0.15, -0.1) is 11.6 Å². The van der Waals surface area contributed by atoms with Crippen LogP contribution in [0.2, 0.25) is 0 Å². The van der Waals surface area contributed by atoms with E-state index in [0.717, 1.165) is 37.9 Å². The second kappa shape index (κ2) is 5.40. The summed E-state index contributed by atoms with van der Waals surface area (Å²) >= 11 is 5.66. The summed E-state index contributed by atoms with van der Waals surface area (Å²) in [4.78, 5) is 2.36. The number of likely N-dealkylation sites (tertiary alicyclic amines) is 1. The van der Waals surface area contributed by atoms with Crippen molar-refractivity contribution in [1.82, 2.24) is 4.90 Å². The molecular formula is C9H15ClN2. The molecule has 1 fully saturated rings. The summed E-state index contributed by atoms with van der Waals surface area (Å²) < 4.78 is 0. The monoisotopic (exact) mass is 186 g/mol. The second-order valence-electron chi connectivity index (χ2n) is 3.34. The van der Waals surface area contributed by atoms with Crippen molar-refractivity contribution in [2.75, 3.05) is 25.5 Å². The summed E-state index contributed by atoms with van der Waals surface area (Å²) in [6.45, 7) is 3.24. The number of hydrogen-bond donors (Lipinski definition) is 0. The van der Waals surface area contributed by atoms with E-state index >= 15 is 0 Å². The number of halogens is 1. The maximum atomic E-state index is 8.40. The van der Waals surface area contributed by atoms with Crippen LogP contribution in [0.3, 0.4) is 0 Å².